The molecule has 2 N–H and O–H groups in total. The van der Waals surface area contributed by atoms with E-state index in [4.69, 9.17) is 9.47 Å². The van der Waals surface area contributed by atoms with Crippen LogP contribution in [0.5, 0.6) is 0 Å². The molecular weight excluding hydrogens is 284 g/mol. The van der Waals surface area contributed by atoms with Gasteiger partial charge in [-0.1, -0.05) is 25.6 Å². The smallest absolute Gasteiger partial charge is 0.155 e. The number of ether oxygens (including phenoxy) is 2. The molecule has 2 heterocycles. The lowest BCUT2D eigenvalue weighted by Crippen LogP contribution is -2.51. The summed E-state index contributed by atoms with van der Waals surface area (Å²) >= 11 is 0. The van der Waals surface area contributed by atoms with Gasteiger partial charge in [0.15, 0.2) is 5.60 Å². The van der Waals surface area contributed by atoms with Crippen LogP contribution < -0.4 is 0 Å². The Labute approximate surface area is 128 Å². The summed E-state index contributed by atoms with van der Waals surface area (Å²) in [5, 5.41) is 18.9. The van der Waals surface area contributed by atoms with Crippen molar-refractivity contribution in [1.82, 2.24) is 0 Å². The minimum absolute atomic E-state index is 0.0320. The van der Waals surface area contributed by atoms with Crippen LogP contribution in [0.25, 0.3) is 0 Å². The standard InChI is InChI=1S/C16H28O4Si/c1-5-8-16(14-7-6-12(10-17)19-14)15(21(2,3)4)9-13(11-18)20-16/h12-15,17-18H,6-7,9-11H2,1-4H3. The van der Waals surface area contributed by atoms with Gasteiger partial charge < -0.3 is 19.7 Å². The first-order chi connectivity index (χ1) is 9.87. The normalized spacial score (nSPS) is 40.1. The maximum absolute atomic E-state index is 9.55. The maximum Gasteiger partial charge on any atom is 0.155 e. The van der Waals surface area contributed by atoms with E-state index in [0.29, 0.717) is 5.54 Å². The minimum Gasteiger partial charge on any atom is -0.394 e. The Hall–Kier alpha value is -0.383. The van der Waals surface area contributed by atoms with Crippen molar-refractivity contribution in [3.63, 3.8) is 0 Å². The summed E-state index contributed by atoms with van der Waals surface area (Å²) in [6, 6.07) is 0. The molecule has 0 radical (unpaired) electrons. The molecule has 0 amide bonds. The van der Waals surface area contributed by atoms with E-state index in [0.717, 1.165) is 19.3 Å². The second kappa shape index (κ2) is 6.39. The summed E-state index contributed by atoms with van der Waals surface area (Å²) < 4.78 is 12.3. The topological polar surface area (TPSA) is 58.9 Å². The van der Waals surface area contributed by atoms with E-state index in [1.54, 1.807) is 0 Å². The molecule has 120 valence electrons. The Kier molecular flexibility index (Phi) is 5.17. The molecule has 21 heavy (non-hydrogen) atoms. The summed E-state index contributed by atoms with van der Waals surface area (Å²) in [5.41, 5.74) is -0.284. The minimum atomic E-state index is -1.54. The lowest BCUT2D eigenvalue weighted by atomic mass is 9.90. The molecule has 0 aromatic rings. The summed E-state index contributed by atoms with van der Waals surface area (Å²) in [4.78, 5) is 0. The van der Waals surface area contributed by atoms with Crippen LogP contribution >= 0.6 is 0 Å². The van der Waals surface area contributed by atoms with Gasteiger partial charge in [-0.2, -0.15) is 0 Å². The number of rotatable bonds is 4. The number of aliphatic hydroxyl groups is 2. The first-order valence-corrected chi connectivity index (χ1v) is 11.4. The van der Waals surface area contributed by atoms with Crippen LogP contribution in [-0.2, 0) is 9.47 Å². The highest BCUT2D eigenvalue weighted by atomic mass is 28.3. The van der Waals surface area contributed by atoms with E-state index >= 15 is 0 Å². The zero-order chi connectivity index (χ0) is 15.7. The van der Waals surface area contributed by atoms with Crippen LogP contribution in [0.15, 0.2) is 0 Å². The molecule has 2 aliphatic rings. The third-order valence-electron chi connectivity index (χ3n) is 4.74. The molecule has 2 rings (SSSR count). The van der Waals surface area contributed by atoms with Crippen LogP contribution in [0.2, 0.25) is 25.2 Å². The van der Waals surface area contributed by atoms with Crippen molar-refractivity contribution >= 4 is 8.07 Å². The van der Waals surface area contributed by atoms with Crippen LogP contribution in [0.3, 0.4) is 0 Å². The van der Waals surface area contributed by atoms with Crippen molar-refractivity contribution in [3.8, 4) is 11.8 Å². The Bertz CT molecular complexity index is 422. The molecule has 0 bridgehead atoms. The molecule has 0 aliphatic carbocycles. The summed E-state index contributed by atoms with van der Waals surface area (Å²) in [7, 11) is -1.54. The largest absolute Gasteiger partial charge is 0.394 e. The van der Waals surface area contributed by atoms with E-state index < -0.39 is 13.7 Å². The Balaban J connectivity index is 2.36. The van der Waals surface area contributed by atoms with Crippen molar-refractivity contribution in [2.75, 3.05) is 13.2 Å². The van der Waals surface area contributed by atoms with E-state index in [1.807, 2.05) is 6.92 Å². The zero-order valence-electron chi connectivity index (χ0n) is 13.6. The second-order valence-electron chi connectivity index (χ2n) is 7.25. The van der Waals surface area contributed by atoms with Gasteiger partial charge in [0.1, 0.15) is 0 Å². The lowest BCUT2D eigenvalue weighted by molar-refractivity contribution is -0.116. The predicted octanol–water partition coefficient (Wildman–Crippen LogP) is 1.78. The summed E-state index contributed by atoms with van der Waals surface area (Å²) in [6.07, 6.45) is 2.20. The highest BCUT2D eigenvalue weighted by Gasteiger charge is 2.58. The first kappa shape index (κ1) is 17.0. The van der Waals surface area contributed by atoms with Gasteiger partial charge >= 0.3 is 0 Å². The van der Waals surface area contributed by atoms with Crippen molar-refractivity contribution in [1.29, 1.82) is 0 Å². The van der Waals surface area contributed by atoms with Crippen molar-refractivity contribution in [3.05, 3.63) is 0 Å². The highest BCUT2D eigenvalue weighted by molar-refractivity contribution is 6.78. The molecule has 5 unspecified atom stereocenters. The molecule has 0 saturated carbocycles. The van der Waals surface area contributed by atoms with Gasteiger partial charge in [0.2, 0.25) is 0 Å². The number of hydrogen-bond donors (Lipinski definition) is 2. The van der Waals surface area contributed by atoms with Crippen molar-refractivity contribution in [2.45, 2.75) is 75.3 Å². The molecule has 5 heteroatoms. The van der Waals surface area contributed by atoms with Gasteiger partial charge in [0.05, 0.1) is 39.6 Å². The zero-order valence-corrected chi connectivity index (χ0v) is 14.6. The summed E-state index contributed by atoms with van der Waals surface area (Å²) in [5.74, 6) is 6.34. The fourth-order valence-corrected chi connectivity index (χ4v) is 6.38. The average molecular weight is 312 g/mol. The molecule has 2 saturated heterocycles. The first-order valence-electron chi connectivity index (χ1n) is 7.86. The Morgan fingerprint density at radius 1 is 1.14 bits per heavy atom. The fraction of sp³-hybridized carbons (Fsp3) is 0.875. The summed E-state index contributed by atoms with van der Waals surface area (Å²) in [6.45, 7) is 8.89. The van der Waals surface area contributed by atoms with Gasteiger partial charge in [-0.25, -0.2) is 0 Å². The Morgan fingerprint density at radius 2 is 1.81 bits per heavy atom. The number of aliphatic hydroxyl groups excluding tert-OH is 2. The van der Waals surface area contributed by atoms with Crippen LogP contribution in [0.4, 0.5) is 0 Å². The van der Waals surface area contributed by atoms with Gasteiger partial charge in [0.25, 0.3) is 0 Å². The van der Waals surface area contributed by atoms with Gasteiger partial charge in [0, 0.05) is 0 Å². The second-order valence-corrected chi connectivity index (χ2v) is 12.7. The molecule has 2 fully saturated rings. The number of hydrogen-bond acceptors (Lipinski definition) is 4. The van der Waals surface area contributed by atoms with Crippen LogP contribution in [0, 0.1) is 11.8 Å². The predicted molar refractivity (Wildman–Crippen MR) is 84.8 cm³/mol. The molecule has 0 aromatic heterocycles. The van der Waals surface area contributed by atoms with E-state index in [1.165, 1.54) is 0 Å². The maximum atomic E-state index is 9.55. The van der Waals surface area contributed by atoms with Gasteiger partial charge in [-0.05, 0) is 31.7 Å². The van der Waals surface area contributed by atoms with E-state index in [9.17, 15) is 10.2 Å². The fourth-order valence-electron chi connectivity index (χ4n) is 3.80. The average Bonchev–Trinajstić information content (AvgIpc) is 3.02. The molecule has 5 atom stereocenters. The monoisotopic (exact) mass is 312 g/mol. The molecular formula is C16H28O4Si. The molecule has 2 aliphatic heterocycles. The molecule has 0 spiro atoms. The van der Waals surface area contributed by atoms with Gasteiger partial charge in [-0.15, -0.1) is 5.92 Å². The van der Waals surface area contributed by atoms with Gasteiger partial charge in [-0.3, -0.25) is 0 Å². The highest BCUT2D eigenvalue weighted by Crippen LogP contribution is 2.51. The molecule has 0 aromatic carbocycles. The SMILES string of the molecule is CC#CC1(C2CCC(CO)O2)OC(CO)CC1[Si](C)(C)C. The van der Waals surface area contributed by atoms with Crippen LogP contribution in [-0.4, -0.2) is 55.4 Å². The third kappa shape index (κ3) is 3.20. The van der Waals surface area contributed by atoms with Crippen molar-refractivity contribution in [2.24, 2.45) is 0 Å². The van der Waals surface area contributed by atoms with E-state index in [-0.39, 0.29) is 31.5 Å². The van der Waals surface area contributed by atoms with E-state index in [2.05, 4.69) is 31.5 Å². The lowest BCUT2D eigenvalue weighted by Gasteiger charge is -2.40. The Morgan fingerprint density at radius 3 is 2.29 bits per heavy atom. The quantitative estimate of drug-likeness (QED) is 0.614. The van der Waals surface area contributed by atoms with Crippen molar-refractivity contribution < 1.29 is 19.7 Å². The molecule has 4 nitrogen and oxygen atoms in total. The van der Waals surface area contributed by atoms with Crippen LogP contribution in [0.1, 0.15) is 26.2 Å². The third-order valence-corrected chi connectivity index (χ3v) is 7.49.